The van der Waals surface area contributed by atoms with Gasteiger partial charge < -0.3 is 14.8 Å². The Bertz CT molecular complexity index is 661. The van der Waals surface area contributed by atoms with Gasteiger partial charge in [-0.1, -0.05) is 0 Å². The monoisotopic (exact) mass is 315 g/mol. The van der Waals surface area contributed by atoms with Crippen LogP contribution in [0.25, 0.3) is 0 Å². The Morgan fingerprint density at radius 3 is 2.09 bits per heavy atom. The number of aryl methyl sites for hydroxylation is 2. The molecule has 122 valence electrons. The Hall–Kier alpha value is -2.63. The van der Waals surface area contributed by atoms with E-state index in [1.54, 1.807) is 24.3 Å². The number of benzene rings is 1. The molecule has 0 aliphatic rings. The van der Waals surface area contributed by atoms with E-state index < -0.39 is 0 Å². The Balaban J connectivity index is 2.16. The number of anilines is 1. The van der Waals surface area contributed by atoms with Gasteiger partial charge >= 0.3 is 6.01 Å². The molecule has 0 atom stereocenters. The van der Waals surface area contributed by atoms with Gasteiger partial charge in [-0.25, -0.2) is 0 Å². The van der Waals surface area contributed by atoms with Crippen molar-refractivity contribution in [3.8, 4) is 11.8 Å². The summed E-state index contributed by atoms with van der Waals surface area (Å²) in [4.78, 5) is 20.8. The smallest absolute Gasteiger partial charge is 0.316 e. The summed E-state index contributed by atoms with van der Waals surface area (Å²) in [6.07, 6.45) is 0. The van der Waals surface area contributed by atoms with Crippen molar-refractivity contribution in [2.24, 2.45) is 0 Å². The molecule has 0 unspecified atom stereocenters. The predicted molar refractivity (Wildman–Crippen MR) is 88.2 cm³/mol. The van der Waals surface area contributed by atoms with E-state index in [-0.39, 0.29) is 5.91 Å². The summed E-state index contributed by atoms with van der Waals surface area (Å²) in [6, 6.07) is 7.31. The summed E-state index contributed by atoms with van der Waals surface area (Å²) in [6.45, 7) is 8.49. The maximum atomic E-state index is 12.4. The van der Waals surface area contributed by atoms with E-state index in [0.717, 1.165) is 5.75 Å². The maximum Gasteiger partial charge on any atom is 0.316 e. The lowest BCUT2D eigenvalue weighted by molar-refractivity contribution is 0.102. The molecular weight excluding hydrogens is 294 g/mol. The summed E-state index contributed by atoms with van der Waals surface area (Å²) in [7, 11) is 0. The van der Waals surface area contributed by atoms with E-state index in [1.165, 1.54) is 0 Å². The molecular formula is C17H21N3O3. The Morgan fingerprint density at radius 1 is 1.00 bits per heavy atom. The summed E-state index contributed by atoms with van der Waals surface area (Å²) in [5.74, 6) is 0.521. The lowest BCUT2D eigenvalue weighted by atomic mass is 10.2. The molecule has 1 aromatic carbocycles. The highest BCUT2D eigenvalue weighted by Gasteiger charge is 2.13. The van der Waals surface area contributed by atoms with Gasteiger partial charge in [0.15, 0.2) is 0 Å². The van der Waals surface area contributed by atoms with Gasteiger partial charge in [-0.05, 0) is 52.0 Å². The average molecular weight is 315 g/mol. The van der Waals surface area contributed by atoms with Crippen LogP contribution in [-0.4, -0.2) is 29.1 Å². The number of nitrogens with zero attached hydrogens (tertiary/aromatic N) is 2. The van der Waals surface area contributed by atoms with E-state index in [2.05, 4.69) is 15.3 Å². The van der Waals surface area contributed by atoms with E-state index in [1.807, 2.05) is 27.7 Å². The summed E-state index contributed by atoms with van der Waals surface area (Å²) in [5.41, 5.74) is 2.48. The van der Waals surface area contributed by atoms with Gasteiger partial charge in [0.1, 0.15) is 5.75 Å². The van der Waals surface area contributed by atoms with Crippen LogP contribution in [0.5, 0.6) is 11.8 Å². The first-order valence-corrected chi connectivity index (χ1v) is 7.57. The zero-order valence-corrected chi connectivity index (χ0v) is 13.8. The van der Waals surface area contributed by atoms with Crippen molar-refractivity contribution in [2.75, 3.05) is 18.5 Å². The van der Waals surface area contributed by atoms with Crippen LogP contribution in [0.15, 0.2) is 24.3 Å². The van der Waals surface area contributed by atoms with Crippen molar-refractivity contribution in [2.45, 2.75) is 27.7 Å². The third-order valence-corrected chi connectivity index (χ3v) is 3.19. The second-order valence-electron chi connectivity index (χ2n) is 4.90. The van der Waals surface area contributed by atoms with Gasteiger partial charge in [-0.15, -0.1) is 0 Å². The van der Waals surface area contributed by atoms with Crippen LogP contribution < -0.4 is 14.8 Å². The second kappa shape index (κ2) is 7.58. The van der Waals surface area contributed by atoms with Crippen LogP contribution in [0.4, 0.5) is 5.69 Å². The number of hydrogen-bond acceptors (Lipinski definition) is 5. The van der Waals surface area contributed by atoms with Gasteiger partial charge in [0.2, 0.25) is 0 Å². The minimum atomic E-state index is -0.216. The van der Waals surface area contributed by atoms with Gasteiger partial charge in [-0.2, -0.15) is 9.97 Å². The molecule has 1 N–H and O–H groups in total. The summed E-state index contributed by atoms with van der Waals surface area (Å²) in [5, 5.41) is 2.86. The molecule has 1 amide bonds. The van der Waals surface area contributed by atoms with Crippen molar-refractivity contribution >= 4 is 11.6 Å². The van der Waals surface area contributed by atoms with Crippen LogP contribution in [0, 0.1) is 13.8 Å². The fourth-order valence-corrected chi connectivity index (χ4v) is 2.11. The first-order chi connectivity index (χ1) is 11.0. The van der Waals surface area contributed by atoms with Crippen LogP contribution >= 0.6 is 0 Å². The molecule has 1 heterocycles. The third kappa shape index (κ3) is 4.18. The molecule has 1 aromatic heterocycles. The fraction of sp³-hybridized carbons (Fsp3) is 0.353. The first kappa shape index (κ1) is 16.7. The van der Waals surface area contributed by atoms with Gasteiger partial charge in [0.25, 0.3) is 5.91 Å². The average Bonchev–Trinajstić information content (AvgIpc) is 2.52. The quantitative estimate of drug-likeness (QED) is 0.886. The molecule has 0 saturated carbocycles. The molecule has 0 spiro atoms. The molecule has 0 aliphatic heterocycles. The van der Waals surface area contributed by atoms with Gasteiger partial charge in [0.05, 0.1) is 30.3 Å². The predicted octanol–water partition coefficient (Wildman–Crippen LogP) is 3.14. The van der Waals surface area contributed by atoms with Crippen LogP contribution in [0.3, 0.4) is 0 Å². The lowest BCUT2D eigenvalue weighted by Crippen LogP contribution is -2.15. The van der Waals surface area contributed by atoms with Crippen LogP contribution in [0.2, 0.25) is 0 Å². The van der Waals surface area contributed by atoms with Crippen molar-refractivity contribution in [3.05, 3.63) is 41.2 Å². The molecule has 0 saturated heterocycles. The number of hydrogen-bond donors (Lipinski definition) is 1. The van der Waals surface area contributed by atoms with Crippen LogP contribution in [-0.2, 0) is 0 Å². The summed E-state index contributed by atoms with van der Waals surface area (Å²) < 4.78 is 10.7. The SMILES string of the molecule is CCOc1ccc(C(=O)Nc2c(C)nc(OCC)nc2C)cc1. The highest BCUT2D eigenvalue weighted by atomic mass is 16.5. The fourth-order valence-electron chi connectivity index (χ4n) is 2.11. The van der Waals surface area contributed by atoms with E-state index in [9.17, 15) is 4.79 Å². The van der Waals surface area contributed by atoms with Crippen molar-refractivity contribution in [3.63, 3.8) is 0 Å². The molecule has 0 aliphatic carbocycles. The zero-order chi connectivity index (χ0) is 16.8. The number of ether oxygens (including phenoxy) is 2. The number of amides is 1. The van der Waals surface area contributed by atoms with Crippen molar-refractivity contribution in [1.29, 1.82) is 0 Å². The molecule has 6 heteroatoms. The highest BCUT2D eigenvalue weighted by molar-refractivity contribution is 6.04. The molecule has 2 aromatic rings. The maximum absolute atomic E-state index is 12.4. The highest BCUT2D eigenvalue weighted by Crippen LogP contribution is 2.21. The first-order valence-electron chi connectivity index (χ1n) is 7.57. The molecule has 0 radical (unpaired) electrons. The van der Waals surface area contributed by atoms with Crippen LogP contribution in [0.1, 0.15) is 35.6 Å². The Kier molecular flexibility index (Phi) is 5.51. The largest absolute Gasteiger partial charge is 0.494 e. The van der Waals surface area contributed by atoms with E-state index in [4.69, 9.17) is 9.47 Å². The molecule has 6 nitrogen and oxygen atoms in total. The molecule has 2 rings (SSSR count). The number of aromatic nitrogens is 2. The molecule has 23 heavy (non-hydrogen) atoms. The topological polar surface area (TPSA) is 73.3 Å². The molecule has 0 bridgehead atoms. The third-order valence-electron chi connectivity index (χ3n) is 3.19. The standard InChI is InChI=1S/C17H21N3O3/c1-5-22-14-9-7-13(8-10-14)16(21)20-15-11(3)18-17(23-6-2)19-12(15)4/h7-10H,5-6H2,1-4H3,(H,20,21). The zero-order valence-electron chi connectivity index (χ0n) is 13.8. The Morgan fingerprint density at radius 2 is 1.57 bits per heavy atom. The van der Waals surface area contributed by atoms with E-state index in [0.29, 0.717) is 41.9 Å². The number of carbonyl (C=O) groups excluding carboxylic acids is 1. The van der Waals surface area contributed by atoms with Crippen molar-refractivity contribution in [1.82, 2.24) is 9.97 Å². The van der Waals surface area contributed by atoms with Crippen molar-refractivity contribution < 1.29 is 14.3 Å². The normalized spacial score (nSPS) is 10.3. The number of nitrogens with one attached hydrogen (secondary N) is 1. The van der Waals surface area contributed by atoms with Gasteiger partial charge in [0, 0.05) is 5.56 Å². The number of carbonyl (C=O) groups is 1. The number of rotatable bonds is 6. The summed E-state index contributed by atoms with van der Waals surface area (Å²) >= 11 is 0. The Labute approximate surface area is 135 Å². The lowest BCUT2D eigenvalue weighted by Gasteiger charge is -2.12. The minimum absolute atomic E-state index is 0.216. The second-order valence-corrected chi connectivity index (χ2v) is 4.90. The van der Waals surface area contributed by atoms with E-state index >= 15 is 0 Å². The van der Waals surface area contributed by atoms with Gasteiger partial charge in [-0.3, -0.25) is 4.79 Å². The minimum Gasteiger partial charge on any atom is -0.494 e. The molecule has 0 fully saturated rings.